The van der Waals surface area contributed by atoms with Crippen LogP contribution in [0.2, 0.25) is 0 Å². The van der Waals surface area contributed by atoms with Crippen LogP contribution in [0.1, 0.15) is 48.2 Å². The molecule has 0 atom stereocenters. The number of rotatable bonds is 7. The lowest BCUT2D eigenvalue weighted by atomic mass is 10.1. The largest absolute Gasteiger partial charge is 0.493 e. The Balaban J connectivity index is 1.75. The molecule has 0 saturated carbocycles. The van der Waals surface area contributed by atoms with E-state index >= 15 is 0 Å². The van der Waals surface area contributed by atoms with Crippen molar-refractivity contribution < 1.29 is 19.1 Å². The molecule has 0 unspecified atom stereocenters. The molecule has 1 aliphatic heterocycles. The van der Waals surface area contributed by atoms with Crippen molar-refractivity contribution in [1.29, 1.82) is 0 Å². The molecule has 164 valence electrons. The topological polar surface area (TPSA) is 67.9 Å². The van der Waals surface area contributed by atoms with Crippen molar-refractivity contribution >= 4 is 23.6 Å². The lowest BCUT2D eigenvalue weighted by Crippen LogP contribution is -2.29. The fourth-order valence-corrected chi connectivity index (χ4v) is 3.58. The highest BCUT2D eigenvalue weighted by Gasteiger charge is 2.23. The van der Waals surface area contributed by atoms with Gasteiger partial charge < -0.3 is 19.7 Å². The molecule has 1 saturated heterocycles. The first-order valence-electron chi connectivity index (χ1n) is 10.6. The van der Waals surface area contributed by atoms with E-state index in [1.54, 1.807) is 19.3 Å². The molecule has 6 heteroatoms. The van der Waals surface area contributed by atoms with Crippen molar-refractivity contribution in [2.24, 2.45) is 0 Å². The Morgan fingerprint density at radius 3 is 2.52 bits per heavy atom. The molecule has 1 fully saturated rings. The number of anilines is 1. The van der Waals surface area contributed by atoms with Crippen LogP contribution < -0.4 is 14.8 Å². The number of carbonyl (C=O) groups excluding carboxylic acids is 2. The average molecular weight is 423 g/mol. The maximum atomic E-state index is 12.9. The smallest absolute Gasteiger partial charge is 0.255 e. The van der Waals surface area contributed by atoms with Crippen LogP contribution in [0.25, 0.3) is 6.08 Å². The van der Waals surface area contributed by atoms with Crippen LogP contribution in [-0.4, -0.2) is 43.0 Å². The summed E-state index contributed by atoms with van der Waals surface area (Å²) in [5, 5.41) is 2.89. The van der Waals surface area contributed by atoms with E-state index < -0.39 is 0 Å². The van der Waals surface area contributed by atoms with Crippen molar-refractivity contribution in [2.75, 3.05) is 25.5 Å². The van der Waals surface area contributed by atoms with Gasteiger partial charge in [-0.15, -0.1) is 0 Å². The quantitative estimate of drug-likeness (QED) is 0.658. The highest BCUT2D eigenvalue weighted by molar-refractivity contribution is 6.08. The van der Waals surface area contributed by atoms with Gasteiger partial charge in [-0.2, -0.15) is 0 Å². The summed E-state index contributed by atoms with van der Waals surface area (Å²) in [6, 6.07) is 11.0. The zero-order valence-corrected chi connectivity index (χ0v) is 18.6. The fourth-order valence-electron chi connectivity index (χ4n) is 3.58. The number of benzene rings is 2. The minimum Gasteiger partial charge on any atom is -0.493 e. The van der Waals surface area contributed by atoms with Crippen LogP contribution in [0, 0.1) is 6.92 Å². The lowest BCUT2D eigenvalue weighted by Gasteiger charge is -2.19. The van der Waals surface area contributed by atoms with Crippen molar-refractivity contribution in [2.45, 2.75) is 39.7 Å². The highest BCUT2D eigenvalue weighted by Crippen LogP contribution is 2.29. The molecule has 0 aliphatic carbocycles. The van der Waals surface area contributed by atoms with Gasteiger partial charge in [-0.1, -0.05) is 18.2 Å². The van der Waals surface area contributed by atoms with Crippen LogP contribution in [0.15, 0.2) is 42.5 Å². The molecule has 2 aromatic carbocycles. The fraction of sp³-hybridized carbons (Fsp3) is 0.360. The molecule has 1 N–H and O–H groups in total. The second-order valence-electron chi connectivity index (χ2n) is 7.90. The molecular weight excluding hydrogens is 392 g/mol. The molecule has 1 aliphatic rings. The van der Waals surface area contributed by atoms with Crippen LogP contribution in [0.4, 0.5) is 5.69 Å². The Morgan fingerprint density at radius 1 is 1.10 bits per heavy atom. The number of carbonyl (C=O) groups is 2. The number of para-hydroxylation sites is 1. The standard InChI is InChI=1S/C25H30N2O4/c1-17(2)31-21-12-10-19(16-22(21)30-4)11-13-23(28)26-24-18(3)8-7-9-20(24)25(29)27-14-5-6-15-27/h7-13,16-17H,5-6,14-15H2,1-4H3,(H,26,28)/b13-11+. The third kappa shape index (κ3) is 5.66. The van der Waals surface area contributed by atoms with E-state index in [-0.39, 0.29) is 17.9 Å². The van der Waals surface area contributed by atoms with E-state index in [0.29, 0.717) is 22.7 Å². The van der Waals surface area contributed by atoms with Gasteiger partial charge in [0.1, 0.15) is 0 Å². The number of ether oxygens (including phenoxy) is 2. The molecule has 6 nitrogen and oxygen atoms in total. The van der Waals surface area contributed by atoms with Crippen molar-refractivity contribution in [3.63, 3.8) is 0 Å². The molecule has 0 bridgehead atoms. The molecule has 1 heterocycles. The Kier molecular flexibility index (Phi) is 7.34. The zero-order chi connectivity index (χ0) is 22.4. The average Bonchev–Trinajstić information content (AvgIpc) is 3.28. The summed E-state index contributed by atoms with van der Waals surface area (Å²) in [5.74, 6) is 0.926. The van der Waals surface area contributed by atoms with Crippen molar-refractivity contribution in [3.05, 3.63) is 59.2 Å². The zero-order valence-electron chi connectivity index (χ0n) is 18.6. The van der Waals surface area contributed by atoms with Gasteiger partial charge in [0.2, 0.25) is 5.91 Å². The number of hydrogen-bond acceptors (Lipinski definition) is 4. The van der Waals surface area contributed by atoms with E-state index in [1.165, 1.54) is 6.08 Å². The van der Waals surface area contributed by atoms with Crippen LogP contribution in [-0.2, 0) is 4.79 Å². The van der Waals surface area contributed by atoms with Gasteiger partial charge in [-0.25, -0.2) is 0 Å². The monoisotopic (exact) mass is 422 g/mol. The summed E-state index contributed by atoms with van der Waals surface area (Å²) >= 11 is 0. The van der Waals surface area contributed by atoms with Crippen molar-refractivity contribution in [3.8, 4) is 11.5 Å². The first kappa shape index (κ1) is 22.4. The van der Waals surface area contributed by atoms with Crippen LogP contribution >= 0.6 is 0 Å². The molecule has 0 spiro atoms. The number of nitrogens with one attached hydrogen (secondary N) is 1. The summed E-state index contributed by atoms with van der Waals surface area (Å²) in [5.41, 5.74) is 2.75. The second kappa shape index (κ2) is 10.2. The maximum absolute atomic E-state index is 12.9. The lowest BCUT2D eigenvalue weighted by molar-refractivity contribution is -0.111. The van der Waals surface area contributed by atoms with Gasteiger partial charge in [-0.05, 0) is 69.0 Å². The van der Waals surface area contributed by atoms with Gasteiger partial charge in [0.25, 0.3) is 5.91 Å². The molecule has 2 aromatic rings. The van der Waals surface area contributed by atoms with Crippen molar-refractivity contribution in [1.82, 2.24) is 4.90 Å². The normalized spacial score (nSPS) is 13.6. The van der Waals surface area contributed by atoms with E-state index in [4.69, 9.17) is 9.47 Å². The number of amides is 2. The SMILES string of the molecule is COc1cc(/C=C/C(=O)Nc2c(C)cccc2C(=O)N2CCCC2)ccc1OC(C)C. The summed E-state index contributed by atoms with van der Waals surface area (Å²) in [6.07, 6.45) is 5.23. The molecule has 0 aromatic heterocycles. The van der Waals surface area contributed by atoms with Gasteiger partial charge in [-0.3, -0.25) is 9.59 Å². The van der Waals surface area contributed by atoms with Crippen LogP contribution in [0.3, 0.4) is 0 Å². The molecule has 2 amide bonds. The number of likely N-dealkylation sites (tertiary alicyclic amines) is 1. The van der Waals surface area contributed by atoms with Crippen LogP contribution in [0.5, 0.6) is 11.5 Å². The summed E-state index contributed by atoms with van der Waals surface area (Å²) < 4.78 is 11.1. The van der Waals surface area contributed by atoms with Gasteiger partial charge in [0, 0.05) is 19.2 Å². The predicted octanol–water partition coefficient (Wildman–Crippen LogP) is 4.68. The molecule has 3 rings (SSSR count). The Labute approximate surface area is 183 Å². The molecule has 31 heavy (non-hydrogen) atoms. The van der Waals surface area contributed by atoms with Gasteiger partial charge >= 0.3 is 0 Å². The first-order valence-corrected chi connectivity index (χ1v) is 10.6. The predicted molar refractivity (Wildman–Crippen MR) is 123 cm³/mol. The Morgan fingerprint density at radius 2 is 1.84 bits per heavy atom. The molecular formula is C25H30N2O4. The minimum absolute atomic E-state index is 0.0349. The summed E-state index contributed by atoms with van der Waals surface area (Å²) in [4.78, 5) is 27.4. The van der Waals surface area contributed by atoms with E-state index in [9.17, 15) is 9.59 Å². The van der Waals surface area contributed by atoms with Gasteiger partial charge in [0.05, 0.1) is 24.5 Å². The number of methoxy groups -OCH3 is 1. The highest BCUT2D eigenvalue weighted by atomic mass is 16.5. The van der Waals surface area contributed by atoms with Gasteiger partial charge in [0.15, 0.2) is 11.5 Å². The first-order chi connectivity index (χ1) is 14.9. The Hall–Kier alpha value is -3.28. The number of nitrogens with zero attached hydrogens (tertiary/aromatic N) is 1. The molecule has 0 radical (unpaired) electrons. The summed E-state index contributed by atoms with van der Waals surface area (Å²) in [6.45, 7) is 7.31. The Bertz CT molecular complexity index is 975. The summed E-state index contributed by atoms with van der Waals surface area (Å²) in [7, 11) is 1.58. The van der Waals surface area contributed by atoms with E-state index in [0.717, 1.165) is 37.1 Å². The van der Waals surface area contributed by atoms with E-state index in [2.05, 4.69) is 5.32 Å². The number of aryl methyl sites for hydroxylation is 1. The van der Waals surface area contributed by atoms with E-state index in [1.807, 2.05) is 56.0 Å². The second-order valence-corrected chi connectivity index (χ2v) is 7.90. The maximum Gasteiger partial charge on any atom is 0.255 e. The minimum atomic E-state index is -0.300. The third-order valence-electron chi connectivity index (χ3n) is 5.12. The third-order valence-corrected chi connectivity index (χ3v) is 5.12. The number of hydrogen-bond donors (Lipinski definition) is 1.